The summed E-state index contributed by atoms with van der Waals surface area (Å²) in [5, 5.41) is 13.0. The average molecular weight is 245 g/mol. The highest BCUT2D eigenvalue weighted by Gasteiger charge is 2.15. The van der Waals surface area contributed by atoms with E-state index < -0.39 is 5.97 Å². The largest absolute Gasteiger partial charge is 0.481 e. The first-order chi connectivity index (χ1) is 8.70. The van der Waals surface area contributed by atoms with Crippen molar-refractivity contribution >= 4 is 5.97 Å². The molecule has 1 aromatic carbocycles. The van der Waals surface area contributed by atoms with Gasteiger partial charge in [-0.2, -0.15) is 5.10 Å². The van der Waals surface area contributed by atoms with Gasteiger partial charge in [0.1, 0.15) is 0 Å². The second kappa shape index (κ2) is 5.46. The zero-order valence-corrected chi connectivity index (χ0v) is 9.86. The van der Waals surface area contributed by atoms with Crippen molar-refractivity contribution in [2.24, 2.45) is 5.73 Å². The van der Waals surface area contributed by atoms with E-state index in [-0.39, 0.29) is 12.3 Å². The Morgan fingerprint density at radius 1 is 1.39 bits per heavy atom. The Kier molecular flexibility index (Phi) is 3.74. The van der Waals surface area contributed by atoms with Crippen LogP contribution in [0.5, 0.6) is 0 Å². The first kappa shape index (κ1) is 12.3. The number of hydrogen-bond acceptors (Lipinski definition) is 3. The standard InChI is InChI=1S/C13H15N3O2/c14-7-10(6-13(17)18)11-8-15-16(9-11)12-4-2-1-3-5-12/h1-5,8-10H,6-7,14H2,(H,17,18). The van der Waals surface area contributed by atoms with Gasteiger partial charge in [-0.1, -0.05) is 18.2 Å². The Morgan fingerprint density at radius 3 is 2.72 bits per heavy atom. The predicted octanol–water partition coefficient (Wildman–Crippen LogP) is 1.39. The first-order valence-corrected chi connectivity index (χ1v) is 5.72. The van der Waals surface area contributed by atoms with E-state index in [4.69, 9.17) is 10.8 Å². The molecule has 3 N–H and O–H groups in total. The summed E-state index contributed by atoms with van der Waals surface area (Å²) in [6.07, 6.45) is 3.53. The van der Waals surface area contributed by atoms with Gasteiger partial charge < -0.3 is 10.8 Å². The normalized spacial score (nSPS) is 12.3. The van der Waals surface area contributed by atoms with Gasteiger partial charge in [-0.05, 0) is 24.2 Å². The number of aliphatic carboxylic acids is 1. The monoisotopic (exact) mass is 245 g/mol. The molecule has 2 rings (SSSR count). The molecular formula is C13H15N3O2. The molecule has 0 radical (unpaired) electrons. The Bertz CT molecular complexity index is 522. The molecule has 0 aliphatic carbocycles. The van der Waals surface area contributed by atoms with Gasteiger partial charge in [-0.15, -0.1) is 0 Å². The maximum atomic E-state index is 10.7. The van der Waals surface area contributed by atoms with Crippen LogP contribution in [-0.2, 0) is 4.79 Å². The van der Waals surface area contributed by atoms with Crippen molar-refractivity contribution in [3.63, 3.8) is 0 Å². The van der Waals surface area contributed by atoms with E-state index in [1.54, 1.807) is 10.9 Å². The molecular weight excluding hydrogens is 230 g/mol. The van der Waals surface area contributed by atoms with Gasteiger partial charge in [0, 0.05) is 12.1 Å². The molecule has 0 fully saturated rings. The smallest absolute Gasteiger partial charge is 0.304 e. The fourth-order valence-corrected chi connectivity index (χ4v) is 1.82. The van der Waals surface area contributed by atoms with Crippen molar-refractivity contribution < 1.29 is 9.90 Å². The molecule has 0 saturated carbocycles. The molecule has 0 aliphatic heterocycles. The van der Waals surface area contributed by atoms with Gasteiger partial charge in [0.15, 0.2) is 0 Å². The number of carboxylic acid groups (broad SMARTS) is 1. The Hall–Kier alpha value is -2.14. The molecule has 0 aliphatic rings. The summed E-state index contributed by atoms with van der Waals surface area (Å²) in [5.74, 6) is -1.04. The van der Waals surface area contributed by atoms with Crippen molar-refractivity contribution in [3.8, 4) is 5.69 Å². The fraction of sp³-hybridized carbons (Fsp3) is 0.231. The highest BCUT2D eigenvalue weighted by atomic mass is 16.4. The van der Waals surface area contributed by atoms with Crippen LogP contribution in [0.25, 0.3) is 5.69 Å². The van der Waals surface area contributed by atoms with Crippen molar-refractivity contribution in [1.29, 1.82) is 0 Å². The van der Waals surface area contributed by atoms with Crippen LogP contribution in [0.2, 0.25) is 0 Å². The van der Waals surface area contributed by atoms with Crippen LogP contribution in [0.4, 0.5) is 0 Å². The van der Waals surface area contributed by atoms with Gasteiger partial charge >= 0.3 is 5.97 Å². The summed E-state index contributed by atoms with van der Waals surface area (Å²) >= 11 is 0. The molecule has 0 amide bonds. The number of carbonyl (C=O) groups is 1. The summed E-state index contributed by atoms with van der Waals surface area (Å²) in [4.78, 5) is 10.7. The van der Waals surface area contributed by atoms with Crippen LogP contribution in [0.1, 0.15) is 17.9 Å². The van der Waals surface area contributed by atoms with Crippen molar-refractivity contribution in [2.75, 3.05) is 6.54 Å². The maximum Gasteiger partial charge on any atom is 0.304 e. The van der Waals surface area contributed by atoms with Crippen LogP contribution in [0.15, 0.2) is 42.7 Å². The minimum absolute atomic E-state index is 0.0248. The molecule has 0 saturated heterocycles. The minimum Gasteiger partial charge on any atom is -0.481 e. The minimum atomic E-state index is -0.849. The zero-order valence-electron chi connectivity index (χ0n) is 9.86. The lowest BCUT2D eigenvalue weighted by atomic mass is 9.99. The zero-order chi connectivity index (χ0) is 13.0. The second-order valence-corrected chi connectivity index (χ2v) is 4.08. The molecule has 94 valence electrons. The molecule has 2 aromatic rings. The van der Waals surface area contributed by atoms with Crippen LogP contribution < -0.4 is 5.73 Å². The number of nitrogens with two attached hydrogens (primary N) is 1. The van der Waals surface area contributed by atoms with Gasteiger partial charge in [0.2, 0.25) is 0 Å². The van der Waals surface area contributed by atoms with Crippen molar-refractivity contribution in [2.45, 2.75) is 12.3 Å². The Morgan fingerprint density at radius 2 is 2.11 bits per heavy atom. The lowest BCUT2D eigenvalue weighted by molar-refractivity contribution is -0.137. The molecule has 1 heterocycles. The van der Waals surface area contributed by atoms with E-state index in [0.717, 1.165) is 11.3 Å². The molecule has 5 heteroatoms. The Balaban J connectivity index is 2.22. The average Bonchev–Trinajstić information content (AvgIpc) is 2.86. The molecule has 18 heavy (non-hydrogen) atoms. The molecule has 1 unspecified atom stereocenters. The van der Waals surface area contributed by atoms with Crippen molar-refractivity contribution in [3.05, 3.63) is 48.3 Å². The molecule has 1 atom stereocenters. The first-order valence-electron chi connectivity index (χ1n) is 5.72. The van der Waals surface area contributed by atoms with Gasteiger partial charge in [-0.3, -0.25) is 4.79 Å². The summed E-state index contributed by atoms with van der Waals surface area (Å²) in [7, 11) is 0. The number of para-hydroxylation sites is 1. The highest BCUT2D eigenvalue weighted by Crippen LogP contribution is 2.19. The summed E-state index contributed by atoms with van der Waals surface area (Å²) in [6, 6.07) is 9.65. The number of carboxylic acids is 1. The van der Waals surface area contributed by atoms with Crippen LogP contribution in [0, 0.1) is 0 Å². The SMILES string of the molecule is NCC(CC(=O)O)c1cnn(-c2ccccc2)c1. The van der Waals surface area contributed by atoms with Crippen LogP contribution in [0.3, 0.4) is 0 Å². The van der Waals surface area contributed by atoms with Crippen LogP contribution >= 0.6 is 0 Å². The van der Waals surface area contributed by atoms with Crippen LogP contribution in [-0.4, -0.2) is 27.4 Å². The number of rotatable bonds is 5. The fourth-order valence-electron chi connectivity index (χ4n) is 1.82. The predicted molar refractivity (Wildman–Crippen MR) is 67.6 cm³/mol. The number of hydrogen-bond donors (Lipinski definition) is 2. The quantitative estimate of drug-likeness (QED) is 0.834. The van der Waals surface area contributed by atoms with E-state index in [1.165, 1.54) is 0 Å². The molecule has 0 spiro atoms. The number of aromatic nitrogens is 2. The van der Waals surface area contributed by atoms with E-state index in [2.05, 4.69) is 5.10 Å². The number of nitrogens with zero attached hydrogens (tertiary/aromatic N) is 2. The van der Waals surface area contributed by atoms with E-state index in [9.17, 15) is 4.79 Å². The summed E-state index contributed by atoms with van der Waals surface area (Å²) in [5.41, 5.74) is 7.39. The second-order valence-electron chi connectivity index (χ2n) is 4.08. The molecule has 0 bridgehead atoms. The summed E-state index contributed by atoms with van der Waals surface area (Å²) < 4.78 is 1.72. The topological polar surface area (TPSA) is 81.1 Å². The molecule has 5 nitrogen and oxygen atoms in total. The van der Waals surface area contributed by atoms with E-state index in [1.807, 2.05) is 36.5 Å². The van der Waals surface area contributed by atoms with Gasteiger partial charge in [0.05, 0.1) is 18.3 Å². The Labute approximate surface area is 105 Å². The highest BCUT2D eigenvalue weighted by molar-refractivity contribution is 5.68. The van der Waals surface area contributed by atoms with Gasteiger partial charge in [-0.25, -0.2) is 4.68 Å². The third kappa shape index (κ3) is 2.75. The third-order valence-corrected chi connectivity index (χ3v) is 2.80. The van der Waals surface area contributed by atoms with Gasteiger partial charge in [0.25, 0.3) is 0 Å². The lowest BCUT2D eigenvalue weighted by Crippen LogP contribution is -2.15. The summed E-state index contributed by atoms with van der Waals surface area (Å²) in [6.45, 7) is 0.298. The third-order valence-electron chi connectivity index (χ3n) is 2.80. The van der Waals surface area contributed by atoms with E-state index >= 15 is 0 Å². The van der Waals surface area contributed by atoms with Crippen molar-refractivity contribution in [1.82, 2.24) is 9.78 Å². The maximum absolute atomic E-state index is 10.7. The van der Waals surface area contributed by atoms with E-state index in [0.29, 0.717) is 6.54 Å². The number of benzene rings is 1. The lowest BCUT2D eigenvalue weighted by Gasteiger charge is -2.08. The molecule has 1 aromatic heterocycles.